The van der Waals surface area contributed by atoms with Crippen molar-refractivity contribution in [3.63, 3.8) is 0 Å². The smallest absolute Gasteiger partial charge is 0.339 e. The minimum atomic E-state index is -0.579. The highest BCUT2D eigenvalue weighted by Crippen LogP contribution is 2.17. The minimum Gasteiger partial charge on any atom is -0.454 e. The molecule has 7 heteroatoms. The normalized spacial score (nSPS) is 13.7. The Labute approximate surface area is 153 Å². The van der Waals surface area contributed by atoms with Gasteiger partial charge in [-0.2, -0.15) is 0 Å². The molecule has 2 heterocycles. The molecule has 6 nitrogen and oxygen atoms in total. The number of hydrogen-bond donors (Lipinski definition) is 1. The molecule has 0 saturated carbocycles. The molecular weight excluding hydrogens is 388 g/mol. The highest BCUT2D eigenvalue weighted by atomic mass is 79.9. The zero-order valence-electron chi connectivity index (χ0n) is 13.5. The number of carbonyl (C=O) groups excluding carboxylic acids is 3. The molecule has 1 aliphatic heterocycles. The largest absolute Gasteiger partial charge is 0.454 e. The van der Waals surface area contributed by atoms with Crippen LogP contribution in [0.3, 0.4) is 0 Å². The Morgan fingerprint density at radius 3 is 2.60 bits per heavy atom. The van der Waals surface area contributed by atoms with Gasteiger partial charge in [-0.1, -0.05) is 12.1 Å². The summed E-state index contributed by atoms with van der Waals surface area (Å²) >= 11 is 3.27. The van der Waals surface area contributed by atoms with Gasteiger partial charge in [0.1, 0.15) is 5.69 Å². The zero-order valence-corrected chi connectivity index (χ0v) is 15.0. The van der Waals surface area contributed by atoms with Crippen LogP contribution in [0.2, 0.25) is 0 Å². The summed E-state index contributed by atoms with van der Waals surface area (Å²) in [6, 6.07) is 8.34. The lowest BCUT2D eigenvalue weighted by atomic mass is 10.2. The molecule has 0 unspecified atom stereocenters. The molecule has 3 rings (SSSR count). The fourth-order valence-corrected chi connectivity index (χ4v) is 3.13. The molecular formula is C18H17BrN2O4. The predicted octanol–water partition coefficient (Wildman–Crippen LogP) is 3.05. The van der Waals surface area contributed by atoms with Gasteiger partial charge in [-0.15, -0.1) is 0 Å². The third-order valence-corrected chi connectivity index (χ3v) is 4.75. The summed E-state index contributed by atoms with van der Waals surface area (Å²) in [4.78, 5) is 41.1. The van der Waals surface area contributed by atoms with Gasteiger partial charge in [0.2, 0.25) is 5.78 Å². The number of halogens is 1. The van der Waals surface area contributed by atoms with Gasteiger partial charge in [-0.3, -0.25) is 9.59 Å². The molecule has 1 aromatic heterocycles. The summed E-state index contributed by atoms with van der Waals surface area (Å²) in [5.41, 5.74) is 1.05. The number of hydrogen-bond acceptors (Lipinski definition) is 4. The van der Waals surface area contributed by atoms with Crippen LogP contribution in [0, 0.1) is 0 Å². The number of nitrogens with zero attached hydrogens (tertiary/aromatic N) is 1. The van der Waals surface area contributed by atoms with Crippen molar-refractivity contribution in [1.82, 2.24) is 9.88 Å². The maximum atomic E-state index is 12.3. The third-order valence-electron chi connectivity index (χ3n) is 4.06. The van der Waals surface area contributed by atoms with Crippen molar-refractivity contribution < 1.29 is 19.1 Å². The van der Waals surface area contributed by atoms with Crippen LogP contribution in [-0.2, 0) is 4.74 Å². The molecule has 130 valence electrons. The number of ether oxygens (including phenoxy) is 1. The molecule has 1 N–H and O–H groups in total. The highest BCUT2D eigenvalue weighted by molar-refractivity contribution is 9.10. The third kappa shape index (κ3) is 3.99. The Morgan fingerprint density at radius 1 is 1.16 bits per heavy atom. The van der Waals surface area contributed by atoms with E-state index in [1.807, 2.05) is 0 Å². The Kier molecular flexibility index (Phi) is 5.33. The second-order valence-electron chi connectivity index (χ2n) is 5.78. The SMILES string of the molecule is O=C(COC(=O)c1ccccc1Br)c1c[nH]c(C(=O)N2CCCC2)c1. The molecule has 0 bridgehead atoms. The van der Waals surface area contributed by atoms with Gasteiger partial charge >= 0.3 is 5.97 Å². The monoisotopic (exact) mass is 404 g/mol. The average Bonchev–Trinajstić information content (AvgIpc) is 3.30. The lowest BCUT2D eigenvalue weighted by molar-refractivity contribution is 0.0473. The summed E-state index contributed by atoms with van der Waals surface area (Å²) in [6.07, 6.45) is 3.48. The number of aromatic amines is 1. The number of carbonyl (C=O) groups is 3. The van der Waals surface area contributed by atoms with Crippen LogP contribution >= 0.6 is 15.9 Å². The van der Waals surface area contributed by atoms with Crippen molar-refractivity contribution >= 4 is 33.6 Å². The van der Waals surface area contributed by atoms with E-state index in [9.17, 15) is 14.4 Å². The summed E-state index contributed by atoms with van der Waals surface area (Å²) in [7, 11) is 0. The number of rotatable bonds is 5. The number of benzene rings is 1. The van der Waals surface area contributed by atoms with E-state index in [-0.39, 0.29) is 18.3 Å². The Hall–Kier alpha value is -2.41. The molecule has 1 fully saturated rings. The standard InChI is InChI=1S/C18H17BrN2O4/c19-14-6-2-1-5-13(14)18(24)25-11-16(22)12-9-15(20-10-12)17(23)21-7-3-4-8-21/h1-2,5-6,9-10,20H,3-4,7-8,11H2. The van der Waals surface area contributed by atoms with Crippen LogP contribution in [0.1, 0.15) is 44.0 Å². The van der Waals surface area contributed by atoms with E-state index < -0.39 is 5.97 Å². The van der Waals surface area contributed by atoms with Gasteiger partial charge < -0.3 is 14.6 Å². The Bertz CT molecular complexity index is 809. The fraction of sp³-hybridized carbons (Fsp3) is 0.278. The van der Waals surface area contributed by atoms with Gasteiger partial charge in [-0.05, 0) is 47.0 Å². The van der Waals surface area contributed by atoms with Crippen LogP contribution in [0.25, 0.3) is 0 Å². The molecule has 0 spiro atoms. The maximum absolute atomic E-state index is 12.3. The Morgan fingerprint density at radius 2 is 1.88 bits per heavy atom. The molecule has 0 atom stereocenters. The van der Waals surface area contributed by atoms with Crippen molar-refractivity contribution in [2.45, 2.75) is 12.8 Å². The van der Waals surface area contributed by atoms with E-state index in [2.05, 4.69) is 20.9 Å². The van der Waals surface area contributed by atoms with Gasteiger partial charge in [0.15, 0.2) is 6.61 Å². The van der Waals surface area contributed by atoms with Crippen LogP contribution in [0.5, 0.6) is 0 Å². The second kappa shape index (κ2) is 7.65. The average molecular weight is 405 g/mol. The number of nitrogens with one attached hydrogen (secondary N) is 1. The zero-order chi connectivity index (χ0) is 17.8. The van der Waals surface area contributed by atoms with E-state index >= 15 is 0 Å². The van der Waals surface area contributed by atoms with Crippen molar-refractivity contribution in [3.8, 4) is 0 Å². The quantitative estimate of drug-likeness (QED) is 0.613. The summed E-state index contributed by atoms with van der Waals surface area (Å²) in [6.45, 7) is 1.10. The minimum absolute atomic E-state index is 0.109. The van der Waals surface area contributed by atoms with Crippen molar-refractivity contribution in [2.75, 3.05) is 19.7 Å². The summed E-state index contributed by atoms with van der Waals surface area (Å²) < 4.78 is 5.67. The Balaban J connectivity index is 1.59. The summed E-state index contributed by atoms with van der Waals surface area (Å²) in [5, 5.41) is 0. The van der Waals surface area contributed by atoms with E-state index in [0.717, 1.165) is 25.9 Å². The molecule has 0 aliphatic carbocycles. The van der Waals surface area contributed by atoms with Gasteiger partial charge in [-0.25, -0.2) is 4.79 Å². The lowest BCUT2D eigenvalue weighted by Gasteiger charge is -2.13. The maximum Gasteiger partial charge on any atom is 0.339 e. The molecule has 2 aromatic rings. The first-order chi connectivity index (χ1) is 12.1. The topological polar surface area (TPSA) is 79.5 Å². The van der Waals surface area contributed by atoms with Crippen LogP contribution in [-0.4, -0.2) is 47.2 Å². The van der Waals surface area contributed by atoms with Crippen molar-refractivity contribution in [1.29, 1.82) is 0 Å². The first-order valence-electron chi connectivity index (χ1n) is 7.99. The number of likely N-dealkylation sites (tertiary alicyclic amines) is 1. The van der Waals surface area contributed by atoms with Gasteiger partial charge in [0.25, 0.3) is 5.91 Å². The fourth-order valence-electron chi connectivity index (χ4n) is 2.69. The van der Waals surface area contributed by atoms with E-state index in [4.69, 9.17) is 4.74 Å². The predicted molar refractivity (Wildman–Crippen MR) is 94.7 cm³/mol. The molecule has 1 aromatic carbocycles. The lowest BCUT2D eigenvalue weighted by Crippen LogP contribution is -2.27. The highest BCUT2D eigenvalue weighted by Gasteiger charge is 2.22. The number of ketones is 1. The van der Waals surface area contributed by atoms with Crippen molar-refractivity contribution in [3.05, 3.63) is 57.8 Å². The number of H-pyrrole nitrogens is 1. The van der Waals surface area contributed by atoms with Crippen LogP contribution in [0.4, 0.5) is 0 Å². The number of esters is 1. The van der Waals surface area contributed by atoms with Crippen molar-refractivity contribution in [2.24, 2.45) is 0 Å². The van der Waals surface area contributed by atoms with Crippen LogP contribution in [0.15, 0.2) is 41.0 Å². The number of Topliss-reactive ketones (excluding diaryl/α,β-unsaturated/α-hetero) is 1. The van der Waals surface area contributed by atoms with E-state index in [0.29, 0.717) is 21.3 Å². The molecule has 1 aliphatic rings. The van der Waals surface area contributed by atoms with Crippen LogP contribution < -0.4 is 0 Å². The first kappa shape index (κ1) is 17.4. The number of amides is 1. The number of aromatic nitrogens is 1. The molecule has 25 heavy (non-hydrogen) atoms. The van der Waals surface area contributed by atoms with E-state index in [1.165, 1.54) is 12.3 Å². The second-order valence-corrected chi connectivity index (χ2v) is 6.63. The molecule has 1 saturated heterocycles. The molecule has 1 amide bonds. The first-order valence-corrected chi connectivity index (χ1v) is 8.78. The van der Waals surface area contributed by atoms with E-state index in [1.54, 1.807) is 29.2 Å². The molecule has 0 radical (unpaired) electrons. The summed E-state index contributed by atoms with van der Waals surface area (Å²) in [5.74, 6) is -1.05. The van der Waals surface area contributed by atoms with Gasteiger partial charge in [0, 0.05) is 29.3 Å². The van der Waals surface area contributed by atoms with Gasteiger partial charge in [0.05, 0.1) is 5.56 Å².